The number of sulfonamides is 1. The second-order valence-electron chi connectivity index (χ2n) is 5.82. The summed E-state index contributed by atoms with van der Waals surface area (Å²) in [5.74, 6) is -1.24. The predicted octanol–water partition coefficient (Wildman–Crippen LogP) is 1.98. The monoisotopic (exact) mass is 401 g/mol. The minimum atomic E-state index is -3.76. The standard InChI is InChI=1S/C19H19N3O5S/c1-14-3-7-16(8-4-14)22-18(23)13-27-19(24)15-5-9-17(10-6-15)28(25,26)21-12-2-11-20/h3-10,21H,2,12-13H2,1H3,(H,22,23). The van der Waals surface area contributed by atoms with Gasteiger partial charge in [-0.15, -0.1) is 0 Å². The maximum absolute atomic E-state index is 12.0. The van der Waals surface area contributed by atoms with Gasteiger partial charge in [0.15, 0.2) is 6.61 Å². The third-order valence-electron chi connectivity index (χ3n) is 3.60. The summed E-state index contributed by atoms with van der Waals surface area (Å²) in [7, 11) is -3.76. The second kappa shape index (κ2) is 9.64. The fourth-order valence-electron chi connectivity index (χ4n) is 2.14. The van der Waals surface area contributed by atoms with Gasteiger partial charge in [-0.3, -0.25) is 4.79 Å². The van der Waals surface area contributed by atoms with Crippen molar-refractivity contribution < 1.29 is 22.7 Å². The molecule has 0 heterocycles. The maximum Gasteiger partial charge on any atom is 0.338 e. The molecule has 8 nitrogen and oxygen atoms in total. The minimum absolute atomic E-state index is 0.00127. The van der Waals surface area contributed by atoms with E-state index in [1.165, 1.54) is 24.3 Å². The maximum atomic E-state index is 12.0. The summed E-state index contributed by atoms with van der Waals surface area (Å²) in [6.07, 6.45) is 0.0499. The molecule has 0 unspecified atom stereocenters. The number of anilines is 1. The van der Waals surface area contributed by atoms with Crippen molar-refractivity contribution in [2.24, 2.45) is 0 Å². The Hall–Kier alpha value is -3.22. The molecule has 0 saturated carbocycles. The molecule has 0 aliphatic rings. The fraction of sp³-hybridized carbons (Fsp3) is 0.211. The van der Waals surface area contributed by atoms with Crippen LogP contribution in [-0.2, 0) is 19.6 Å². The molecule has 0 radical (unpaired) electrons. The summed E-state index contributed by atoms with van der Waals surface area (Å²) in [5.41, 5.74) is 1.75. The van der Waals surface area contributed by atoms with Gasteiger partial charge in [0.1, 0.15) is 0 Å². The van der Waals surface area contributed by atoms with E-state index in [4.69, 9.17) is 10.00 Å². The molecule has 0 fully saturated rings. The lowest BCUT2D eigenvalue weighted by atomic mass is 10.2. The molecule has 146 valence electrons. The van der Waals surface area contributed by atoms with E-state index in [1.807, 2.05) is 25.1 Å². The molecule has 0 bridgehead atoms. The van der Waals surface area contributed by atoms with Crippen LogP contribution in [0.5, 0.6) is 0 Å². The Labute approximate surface area is 163 Å². The summed E-state index contributed by atoms with van der Waals surface area (Å²) in [5, 5.41) is 11.1. The molecule has 28 heavy (non-hydrogen) atoms. The number of aryl methyl sites for hydroxylation is 1. The summed E-state index contributed by atoms with van der Waals surface area (Å²) in [6, 6.07) is 14.1. The van der Waals surface area contributed by atoms with E-state index in [2.05, 4.69) is 10.0 Å². The largest absolute Gasteiger partial charge is 0.452 e. The van der Waals surface area contributed by atoms with Gasteiger partial charge in [-0.25, -0.2) is 17.9 Å². The highest BCUT2D eigenvalue weighted by atomic mass is 32.2. The third kappa shape index (κ3) is 6.19. The van der Waals surface area contributed by atoms with E-state index in [0.717, 1.165) is 5.56 Å². The zero-order chi connectivity index (χ0) is 20.6. The molecule has 2 rings (SSSR count). The summed E-state index contributed by atoms with van der Waals surface area (Å²) < 4.78 is 31.2. The number of hydrogen-bond donors (Lipinski definition) is 2. The van der Waals surface area contributed by atoms with Crippen LogP contribution in [0, 0.1) is 18.3 Å². The fourth-order valence-corrected chi connectivity index (χ4v) is 3.18. The second-order valence-corrected chi connectivity index (χ2v) is 7.59. The molecule has 0 aromatic heterocycles. The van der Waals surface area contributed by atoms with Crippen LogP contribution in [0.1, 0.15) is 22.3 Å². The number of nitriles is 1. The van der Waals surface area contributed by atoms with Crippen LogP contribution < -0.4 is 10.0 Å². The van der Waals surface area contributed by atoms with Crippen molar-refractivity contribution in [2.75, 3.05) is 18.5 Å². The van der Waals surface area contributed by atoms with Crippen molar-refractivity contribution in [3.8, 4) is 6.07 Å². The SMILES string of the molecule is Cc1ccc(NC(=O)COC(=O)c2ccc(S(=O)(=O)NCCC#N)cc2)cc1. The van der Waals surface area contributed by atoms with Crippen molar-refractivity contribution in [1.29, 1.82) is 5.26 Å². The van der Waals surface area contributed by atoms with Crippen molar-refractivity contribution in [1.82, 2.24) is 4.72 Å². The molecular weight excluding hydrogens is 382 g/mol. The molecule has 2 N–H and O–H groups in total. The number of nitrogens with zero attached hydrogens (tertiary/aromatic N) is 1. The van der Waals surface area contributed by atoms with Gasteiger partial charge < -0.3 is 10.1 Å². The average molecular weight is 401 g/mol. The highest BCUT2D eigenvalue weighted by Gasteiger charge is 2.15. The van der Waals surface area contributed by atoms with Crippen LogP contribution in [0.2, 0.25) is 0 Å². The molecule has 0 spiro atoms. The van der Waals surface area contributed by atoms with Crippen LogP contribution >= 0.6 is 0 Å². The van der Waals surface area contributed by atoms with Gasteiger partial charge in [0.05, 0.1) is 16.5 Å². The highest BCUT2D eigenvalue weighted by molar-refractivity contribution is 7.89. The van der Waals surface area contributed by atoms with Gasteiger partial charge in [0.25, 0.3) is 5.91 Å². The first-order valence-electron chi connectivity index (χ1n) is 8.32. The van der Waals surface area contributed by atoms with Gasteiger partial charge in [0, 0.05) is 18.7 Å². The summed E-state index contributed by atoms with van der Waals surface area (Å²) in [4.78, 5) is 23.8. The molecule has 2 aromatic rings. The predicted molar refractivity (Wildman–Crippen MR) is 102 cm³/mol. The van der Waals surface area contributed by atoms with Crippen molar-refractivity contribution in [3.63, 3.8) is 0 Å². The Bertz CT molecular complexity index is 978. The topological polar surface area (TPSA) is 125 Å². The van der Waals surface area contributed by atoms with E-state index in [0.29, 0.717) is 5.69 Å². The van der Waals surface area contributed by atoms with E-state index < -0.39 is 28.5 Å². The van der Waals surface area contributed by atoms with Crippen LogP contribution in [0.15, 0.2) is 53.4 Å². The summed E-state index contributed by atoms with van der Waals surface area (Å²) >= 11 is 0. The highest BCUT2D eigenvalue weighted by Crippen LogP contribution is 2.12. The van der Waals surface area contributed by atoms with Crippen LogP contribution in [-0.4, -0.2) is 33.4 Å². The average Bonchev–Trinajstić information content (AvgIpc) is 2.68. The number of esters is 1. The van der Waals surface area contributed by atoms with Gasteiger partial charge >= 0.3 is 5.97 Å². The number of benzene rings is 2. The van der Waals surface area contributed by atoms with Gasteiger partial charge in [-0.2, -0.15) is 5.26 Å². The number of rotatable bonds is 8. The van der Waals surface area contributed by atoms with Crippen molar-refractivity contribution in [3.05, 3.63) is 59.7 Å². The first-order valence-corrected chi connectivity index (χ1v) is 9.80. The number of carbonyl (C=O) groups excluding carboxylic acids is 2. The Balaban J connectivity index is 1.89. The van der Waals surface area contributed by atoms with Crippen LogP contribution in [0.25, 0.3) is 0 Å². The smallest absolute Gasteiger partial charge is 0.338 e. The normalized spacial score (nSPS) is 10.7. The molecule has 0 saturated heterocycles. The first-order chi connectivity index (χ1) is 13.3. The zero-order valence-corrected chi connectivity index (χ0v) is 16.0. The molecule has 0 aliphatic carbocycles. The molecule has 2 aromatic carbocycles. The number of hydrogen-bond acceptors (Lipinski definition) is 6. The Morgan fingerprint density at radius 2 is 1.71 bits per heavy atom. The zero-order valence-electron chi connectivity index (χ0n) is 15.1. The molecule has 0 aliphatic heterocycles. The Kier molecular flexibility index (Phi) is 7.26. The van der Waals surface area contributed by atoms with Gasteiger partial charge in [-0.05, 0) is 43.3 Å². The van der Waals surface area contributed by atoms with Crippen molar-refractivity contribution in [2.45, 2.75) is 18.2 Å². The lowest BCUT2D eigenvalue weighted by Crippen LogP contribution is -2.24. The van der Waals surface area contributed by atoms with E-state index in [-0.39, 0.29) is 23.4 Å². The molecule has 9 heteroatoms. The lowest BCUT2D eigenvalue weighted by molar-refractivity contribution is -0.119. The first kappa shape index (κ1) is 21.1. The Morgan fingerprint density at radius 3 is 2.32 bits per heavy atom. The minimum Gasteiger partial charge on any atom is -0.452 e. The molecule has 1 amide bonds. The van der Waals surface area contributed by atoms with Crippen molar-refractivity contribution >= 4 is 27.6 Å². The quantitative estimate of drug-likeness (QED) is 0.515. The number of amides is 1. The van der Waals surface area contributed by atoms with Gasteiger partial charge in [-0.1, -0.05) is 17.7 Å². The number of nitrogens with one attached hydrogen (secondary N) is 2. The molecular formula is C19H19N3O5S. The van der Waals surface area contributed by atoms with Gasteiger partial charge in [0.2, 0.25) is 10.0 Å². The van der Waals surface area contributed by atoms with Crippen LogP contribution in [0.3, 0.4) is 0 Å². The van der Waals surface area contributed by atoms with E-state index in [1.54, 1.807) is 12.1 Å². The van der Waals surface area contributed by atoms with E-state index in [9.17, 15) is 18.0 Å². The Morgan fingerprint density at radius 1 is 1.07 bits per heavy atom. The summed E-state index contributed by atoms with van der Waals surface area (Å²) in [6.45, 7) is 1.45. The lowest BCUT2D eigenvalue weighted by Gasteiger charge is -2.08. The van der Waals surface area contributed by atoms with Crippen LogP contribution in [0.4, 0.5) is 5.69 Å². The number of carbonyl (C=O) groups is 2. The van der Waals surface area contributed by atoms with E-state index >= 15 is 0 Å². The molecule has 0 atom stereocenters. The number of ether oxygens (including phenoxy) is 1. The third-order valence-corrected chi connectivity index (χ3v) is 5.08.